The molecule has 1 aliphatic carbocycles. The first kappa shape index (κ1) is 19.3. The predicted octanol–water partition coefficient (Wildman–Crippen LogP) is 6.06. The van der Waals surface area contributed by atoms with Crippen LogP contribution in [-0.4, -0.2) is 9.55 Å². The van der Waals surface area contributed by atoms with Crippen molar-refractivity contribution in [3.63, 3.8) is 0 Å². The van der Waals surface area contributed by atoms with E-state index in [0.717, 1.165) is 0 Å². The van der Waals surface area contributed by atoms with Gasteiger partial charge in [-0.25, -0.2) is 17.1 Å². The van der Waals surface area contributed by atoms with Gasteiger partial charge in [-0.05, 0) is 5.69 Å². The Balaban J connectivity index is 0.000000176. The average Bonchev–Trinajstić information content (AvgIpc) is 3.27. The fraction of sp³-hybridized carbons (Fsp3) is 0.158. The van der Waals surface area contributed by atoms with E-state index >= 15 is 0 Å². The molecule has 122 valence electrons. The molecule has 0 aliphatic heterocycles. The van der Waals surface area contributed by atoms with Crippen molar-refractivity contribution in [2.45, 2.75) is 13.8 Å². The SMILES string of the molecule is CC1(C)[C-]=CC=C1.[Cl][Zr+2][Cl].c1ccc2[cH-]c(-n3ccnc3)cc2c1. The molecule has 1 heterocycles. The Hall–Kier alpha value is -1.02. The molecule has 1 aliphatic rings. The number of benzene rings is 1. The largest absolute Gasteiger partial charge is 0.325 e. The van der Waals surface area contributed by atoms with Crippen molar-refractivity contribution in [3.05, 3.63) is 79.4 Å². The van der Waals surface area contributed by atoms with Crippen LogP contribution in [0.5, 0.6) is 0 Å². The Morgan fingerprint density at radius 1 is 1.25 bits per heavy atom. The summed E-state index contributed by atoms with van der Waals surface area (Å²) in [5, 5.41) is 2.55. The molecule has 0 saturated heterocycles. The van der Waals surface area contributed by atoms with Gasteiger partial charge in [0.1, 0.15) is 0 Å². The zero-order valence-corrected chi connectivity index (χ0v) is 17.5. The fourth-order valence-electron chi connectivity index (χ4n) is 2.29. The normalized spacial score (nSPS) is 13.7. The number of halogens is 2. The number of hydrogen-bond acceptors (Lipinski definition) is 1. The minimum absolute atomic E-state index is 0.208. The second-order valence-electron chi connectivity index (χ2n) is 5.78. The van der Waals surface area contributed by atoms with Gasteiger partial charge < -0.3 is 4.57 Å². The molecule has 0 amide bonds. The summed E-state index contributed by atoms with van der Waals surface area (Å²) >= 11 is -0.826. The summed E-state index contributed by atoms with van der Waals surface area (Å²) < 4.78 is 2.01. The quantitative estimate of drug-likeness (QED) is 0.424. The van der Waals surface area contributed by atoms with Crippen molar-refractivity contribution in [1.82, 2.24) is 9.55 Å². The maximum absolute atomic E-state index is 4.93. The maximum atomic E-state index is 4.93. The molecule has 0 atom stereocenters. The number of fused-ring (bicyclic) bond motifs is 1. The molecule has 0 N–H and O–H groups in total. The molecule has 0 fully saturated rings. The Morgan fingerprint density at radius 2 is 2.00 bits per heavy atom. The summed E-state index contributed by atoms with van der Waals surface area (Å²) in [5.74, 6) is 0. The molecular formula is C19H18Cl2N2Zr. The van der Waals surface area contributed by atoms with E-state index in [2.05, 4.69) is 67.4 Å². The summed E-state index contributed by atoms with van der Waals surface area (Å²) in [7, 11) is 9.87. The van der Waals surface area contributed by atoms with E-state index in [1.807, 2.05) is 29.2 Å². The van der Waals surface area contributed by atoms with Gasteiger partial charge in [0.05, 0.1) is 6.33 Å². The van der Waals surface area contributed by atoms with Crippen LogP contribution in [0.4, 0.5) is 0 Å². The Kier molecular flexibility index (Phi) is 7.61. The van der Waals surface area contributed by atoms with Crippen molar-refractivity contribution in [2.24, 2.45) is 5.41 Å². The molecule has 2 aromatic carbocycles. The predicted molar refractivity (Wildman–Crippen MR) is 99.1 cm³/mol. The van der Waals surface area contributed by atoms with Gasteiger partial charge in [0.25, 0.3) is 0 Å². The summed E-state index contributed by atoms with van der Waals surface area (Å²) in [5.41, 5.74) is 1.38. The van der Waals surface area contributed by atoms with E-state index in [4.69, 9.17) is 17.0 Å². The van der Waals surface area contributed by atoms with Crippen molar-refractivity contribution in [1.29, 1.82) is 0 Å². The van der Waals surface area contributed by atoms with Gasteiger partial charge in [0.15, 0.2) is 0 Å². The first-order valence-corrected chi connectivity index (χ1v) is 13.8. The standard InChI is InChI=1S/C12H9N2.C7H9.2ClH.Zr/c1-2-4-11-8-12(7-10(11)3-1)14-6-5-13-9-14;1-7(2)5-3-4-6-7;;;/h1-9H;3-5H,1-2H3;2*1H;/q2*-1;;;+4/p-2. The zero-order chi connectivity index (χ0) is 17.4. The van der Waals surface area contributed by atoms with Gasteiger partial charge in [-0.1, -0.05) is 25.3 Å². The van der Waals surface area contributed by atoms with Crippen LogP contribution in [0.1, 0.15) is 13.8 Å². The molecule has 0 bridgehead atoms. The van der Waals surface area contributed by atoms with Crippen LogP contribution in [0, 0.1) is 11.5 Å². The molecule has 4 rings (SSSR count). The topological polar surface area (TPSA) is 17.8 Å². The molecule has 24 heavy (non-hydrogen) atoms. The van der Waals surface area contributed by atoms with Gasteiger partial charge in [0, 0.05) is 12.4 Å². The van der Waals surface area contributed by atoms with Crippen LogP contribution in [0.25, 0.3) is 16.5 Å². The number of hydrogen-bond donors (Lipinski definition) is 0. The zero-order valence-electron chi connectivity index (χ0n) is 13.6. The van der Waals surface area contributed by atoms with E-state index in [-0.39, 0.29) is 5.41 Å². The Labute approximate surface area is 161 Å². The van der Waals surface area contributed by atoms with Crippen LogP contribution in [0.2, 0.25) is 0 Å². The van der Waals surface area contributed by atoms with Crippen molar-refractivity contribution < 1.29 is 20.8 Å². The third kappa shape index (κ3) is 5.81. The second kappa shape index (κ2) is 9.46. The average molecular weight is 436 g/mol. The molecule has 0 radical (unpaired) electrons. The number of allylic oxidation sites excluding steroid dienone is 4. The smallest absolute Gasteiger partial charge is 0.0977 e. The van der Waals surface area contributed by atoms with E-state index in [1.54, 1.807) is 6.20 Å². The second-order valence-corrected chi connectivity index (χ2v) is 9.51. The van der Waals surface area contributed by atoms with Gasteiger partial charge in [-0.3, -0.25) is 6.08 Å². The van der Waals surface area contributed by atoms with Crippen LogP contribution in [0.15, 0.2) is 73.3 Å². The number of rotatable bonds is 1. The first-order valence-electron chi connectivity index (χ1n) is 7.44. The number of imidazole rings is 1. The monoisotopic (exact) mass is 434 g/mol. The summed E-state index contributed by atoms with van der Waals surface area (Å²) in [6.45, 7) is 4.26. The fourth-order valence-corrected chi connectivity index (χ4v) is 2.29. The van der Waals surface area contributed by atoms with Crippen molar-refractivity contribution >= 4 is 27.8 Å². The van der Waals surface area contributed by atoms with Gasteiger partial charge in [-0.15, -0.1) is 41.1 Å². The Morgan fingerprint density at radius 3 is 2.50 bits per heavy atom. The molecular weight excluding hydrogens is 418 g/mol. The van der Waals surface area contributed by atoms with Gasteiger partial charge in [0.2, 0.25) is 0 Å². The minimum atomic E-state index is -0.826. The molecule has 5 heteroatoms. The van der Waals surface area contributed by atoms with Crippen molar-refractivity contribution in [2.75, 3.05) is 0 Å². The van der Waals surface area contributed by atoms with Crippen LogP contribution in [0.3, 0.4) is 0 Å². The minimum Gasteiger partial charge on any atom is -0.325 e. The summed E-state index contributed by atoms with van der Waals surface area (Å²) in [6.07, 6.45) is 14.8. The van der Waals surface area contributed by atoms with Crippen LogP contribution in [-0.2, 0) is 20.8 Å². The van der Waals surface area contributed by atoms with Gasteiger partial charge >= 0.3 is 37.9 Å². The molecule has 0 spiro atoms. The van der Waals surface area contributed by atoms with E-state index in [1.165, 1.54) is 16.5 Å². The maximum Gasteiger partial charge on any atom is 0.0977 e. The van der Waals surface area contributed by atoms with E-state index < -0.39 is 20.8 Å². The van der Waals surface area contributed by atoms with Crippen LogP contribution >= 0.6 is 17.0 Å². The molecule has 2 nitrogen and oxygen atoms in total. The van der Waals surface area contributed by atoms with E-state index in [0.29, 0.717) is 0 Å². The number of aromatic nitrogens is 2. The number of nitrogens with zero attached hydrogens (tertiary/aromatic N) is 2. The summed E-state index contributed by atoms with van der Waals surface area (Å²) in [4.78, 5) is 4.03. The molecule has 0 saturated carbocycles. The van der Waals surface area contributed by atoms with Crippen LogP contribution < -0.4 is 0 Å². The van der Waals surface area contributed by atoms with E-state index in [9.17, 15) is 0 Å². The Bertz CT molecular complexity index is 755. The third-order valence-corrected chi connectivity index (χ3v) is 3.47. The molecule has 1 aromatic heterocycles. The first-order chi connectivity index (χ1) is 11.6. The molecule has 0 unspecified atom stereocenters. The third-order valence-electron chi connectivity index (χ3n) is 3.47. The van der Waals surface area contributed by atoms with Crippen molar-refractivity contribution in [3.8, 4) is 5.69 Å². The summed E-state index contributed by atoms with van der Waals surface area (Å²) in [6, 6.07) is 12.7. The van der Waals surface area contributed by atoms with Gasteiger partial charge in [-0.2, -0.15) is 6.08 Å². The molecule has 3 aromatic rings.